The number of sulfonamides is 1. The number of hydrogen-bond donors (Lipinski definition) is 1. The maximum atomic E-state index is 12.9. The maximum Gasteiger partial charge on any atom is 0.279 e. The van der Waals surface area contributed by atoms with E-state index in [0.717, 1.165) is 4.88 Å². The first kappa shape index (κ1) is 16.3. The van der Waals surface area contributed by atoms with Crippen molar-refractivity contribution in [1.29, 1.82) is 0 Å². The predicted octanol–water partition coefficient (Wildman–Crippen LogP) is 4.28. The Labute approximate surface area is 144 Å². The van der Waals surface area contributed by atoms with Crippen LogP contribution in [0.3, 0.4) is 0 Å². The molecule has 5 nitrogen and oxygen atoms in total. The highest BCUT2D eigenvalue weighted by molar-refractivity contribution is 7.92. The van der Waals surface area contributed by atoms with Gasteiger partial charge in [0.15, 0.2) is 9.99 Å². The molecule has 0 saturated carbocycles. The molecule has 122 valence electrons. The van der Waals surface area contributed by atoms with Gasteiger partial charge in [0.05, 0.1) is 11.4 Å². The number of nitrogens with zero attached hydrogens (tertiary/aromatic N) is 2. The van der Waals surface area contributed by atoms with Gasteiger partial charge in [0.1, 0.15) is 0 Å². The first-order valence-corrected chi connectivity index (χ1v) is 9.72. The average molecular weight is 370 g/mol. The number of anilines is 1. The van der Waals surface area contributed by atoms with Crippen LogP contribution in [0.4, 0.5) is 5.69 Å². The Morgan fingerprint density at radius 2 is 2.09 bits per heavy atom. The minimum absolute atomic E-state index is 0.00616. The summed E-state index contributed by atoms with van der Waals surface area (Å²) >= 11 is 7.40. The topological polar surface area (TPSA) is 63.5 Å². The second-order valence-electron chi connectivity index (χ2n) is 5.57. The lowest BCUT2D eigenvalue weighted by atomic mass is 10.2. The highest BCUT2D eigenvalue weighted by atomic mass is 35.5. The van der Waals surface area contributed by atoms with Gasteiger partial charge in [0, 0.05) is 16.1 Å². The molecule has 8 heteroatoms. The van der Waals surface area contributed by atoms with E-state index in [2.05, 4.69) is 9.71 Å². The molecule has 1 aromatic carbocycles. The summed E-state index contributed by atoms with van der Waals surface area (Å²) in [6, 6.07) is 6.63. The van der Waals surface area contributed by atoms with Crippen molar-refractivity contribution in [3.63, 3.8) is 0 Å². The van der Waals surface area contributed by atoms with Crippen LogP contribution in [-0.4, -0.2) is 17.8 Å². The van der Waals surface area contributed by atoms with Crippen molar-refractivity contribution >= 4 is 43.6 Å². The van der Waals surface area contributed by atoms with Crippen molar-refractivity contribution in [2.75, 3.05) is 4.72 Å². The molecule has 0 aliphatic carbocycles. The molecule has 0 spiro atoms. The summed E-state index contributed by atoms with van der Waals surface area (Å²) in [5, 5.41) is 0.658. The van der Waals surface area contributed by atoms with Crippen molar-refractivity contribution in [1.82, 2.24) is 9.38 Å². The van der Waals surface area contributed by atoms with E-state index in [1.165, 1.54) is 11.3 Å². The van der Waals surface area contributed by atoms with Crippen LogP contribution >= 0.6 is 22.9 Å². The highest BCUT2D eigenvalue weighted by Gasteiger charge is 2.27. The van der Waals surface area contributed by atoms with E-state index < -0.39 is 10.0 Å². The third-order valence-electron chi connectivity index (χ3n) is 3.30. The number of fused-ring (bicyclic) bond motifs is 1. The molecule has 0 unspecified atom stereocenters. The number of imidazole rings is 1. The van der Waals surface area contributed by atoms with Crippen molar-refractivity contribution < 1.29 is 8.42 Å². The standard InChI is InChI=1S/C15H16ClN3O2S2/c1-9(2)13-14(19-8-10(3)22-15(19)17-13)23(20,21)18-12-6-4-5-11(16)7-12/h4-9,18H,1-3H3. The lowest BCUT2D eigenvalue weighted by molar-refractivity contribution is 0.593. The molecule has 0 atom stereocenters. The second-order valence-corrected chi connectivity index (χ2v) is 8.81. The Balaban J connectivity index is 2.15. The molecule has 0 amide bonds. The van der Waals surface area contributed by atoms with E-state index in [-0.39, 0.29) is 10.9 Å². The highest BCUT2D eigenvalue weighted by Crippen LogP contribution is 2.30. The van der Waals surface area contributed by atoms with Crippen LogP contribution in [0, 0.1) is 6.92 Å². The summed E-state index contributed by atoms with van der Waals surface area (Å²) in [4.78, 5) is 6.17. The third kappa shape index (κ3) is 3.08. The van der Waals surface area contributed by atoms with Crippen molar-refractivity contribution in [3.05, 3.63) is 46.1 Å². The van der Waals surface area contributed by atoms with Gasteiger partial charge < -0.3 is 0 Å². The Hall–Kier alpha value is -1.57. The van der Waals surface area contributed by atoms with Gasteiger partial charge in [-0.15, -0.1) is 11.3 Å². The normalized spacial score (nSPS) is 12.2. The summed E-state index contributed by atoms with van der Waals surface area (Å²) < 4.78 is 30.1. The first-order valence-electron chi connectivity index (χ1n) is 7.04. The Morgan fingerprint density at radius 3 is 2.74 bits per heavy atom. The lowest BCUT2D eigenvalue weighted by Crippen LogP contribution is -2.17. The third-order valence-corrected chi connectivity index (χ3v) is 5.85. The van der Waals surface area contributed by atoms with E-state index in [1.54, 1.807) is 34.9 Å². The second kappa shape index (κ2) is 5.81. The van der Waals surface area contributed by atoms with Crippen LogP contribution < -0.4 is 4.72 Å². The van der Waals surface area contributed by atoms with Gasteiger partial charge in [-0.1, -0.05) is 31.5 Å². The van der Waals surface area contributed by atoms with Crippen LogP contribution in [-0.2, 0) is 10.0 Å². The number of aromatic nitrogens is 2. The molecule has 0 saturated heterocycles. The van der Waals surface area contributed by atoms with E-state index in [9.17, 15) is 8.42 Å². The van der Waals surface area contributed by atoms with Crippen molar-refractivity contribution in [2.24, 2.45) is 0 Å². The molecule has 0 aliphatic rings. The van der Waals surface area contributed by atoms with Crippen LogP contribution in [0.5, 0.6) is 0 Å². The molecule has 0 radical (unpaired) electrons. The first-order chi connectivity index (χ1) is 10.8. The van der Waals surface area contributed by atoms with E-state index >= 15 is 0 Å². The number of nitrogens with one attached hydrogen (secondary N) is 1. The fourth-order valence-electron chi connectivity index (χ4n) is 2.35. The van der Waals surface area contributed by atoms with Crippen LogP contribution in [0.1, 0.15) is 30.3 Å². The number of benzene rings is 1. The molecule has 2 aromatic heterocycles. The summed E-state index contributed by atoms with van der Waals surface area (Å²) in [6.45, 7) is 5.78. The number of thiazole rings is 1. The maximum absolute atomic E-state index is 12.9. The summed E-state index contributed by atoms with van der Waals surface area (Å²) in [5.74, 6) is -0.00616. The molecule has 3 aromatic rings. The summed E-state index contributed by atoms with van der Waals surface area (Å²) in [6.07, 6.45) is 1.80. The molecule has 2 heterocycles. The summed E-state index contributed by atoms with van der Waals surface area (Å²) in [5.41, 5.74) is 0.986. The van der Waals surface area contributed by atoms with Gasteiger partial charge >= 0.3 is 0 Å². The number of hydrogen-bond acceptors (Lipinski definition) is 4. The largest absolute Gasteiger partial charge is 0.279 e. The monoisotopic (exact) mass is 369 g/mol. The van der Waals surface area contributed by atoms with Gasteiger partial charge in [-0.3, -0.25) is 9.12 Å². The molecule has 3 rings (SSSR count). The van der Waals surface area contributed by atoms with E-state index in [4.69, 9.17) is 11.6 Å². The number of aryl methyl sites for hydroxylation is 1. The van der Waals surface area contributed by atoms with Crippen LogP contribution in [0.15, 0.2) is 35.5 Å². The quantitative estimate of drug-likeness (QED) is 0.746. The van der Waals surface area contributed by atoms with Crippen molar-refractivity contribution in [3.8, 4) is 0 Å². The zero-order chi connectivity index (χ0) is 16.8. The predicted molar refractivity (Wildman–Crippen MR) is 94.2 cm³/mol. The van der Waals surface area contributed by atoms with Gasteiger partial charge in [0.2, 0.25) is 0 Å². The zero-order valence-corrected chi connectivity index (χ0v) is 15.3. The molecule has 1 N–H and O–H groups in total. The Bertz CT molecular complexity index is 974. The smallest absolute Gasteiger partial charge is 0.279 e. The fraction of sp³-hybridized carbons (Fsp3) is 0.267. The zero-order valence-electron chi connectivity index (χ0n) is 12.9. The molecule has 23 heavy (non-hydrogen) atoms. The number of rotatable bonds is 4. The molecule has 0 bridgehead atoms. The van der Waals surface area contributed by atoms with E-state index in [0.29, 0.717) is 21.4 Å². The molecule has 0 aliphatic heterocycles. The van der Waals surface area contributed by atoms with Gasteiger partial charge in [-0.25, -0.2) is 4.98 Å². The molecular formula is C15H16ClN3O2S2. The SMILES string of the molecule is Cc1cn2c(S(=O)(=O)Nc3cccc(Cl)c3)c(C(C)C)nc2s1. The van der Waals surface area contributed by atoms with Crippen molar-refractivity contribution in [2.45, 2.75) is 31.7 Å². The number of halogens is 1. The van der Waals surface area contributed by atoms with Crippen LogP contribution in [0.2, 0.25) is 5.02 Å². The van der Waals surface area contributed by atoms with Gasteiger partial charge in [-0.2, -0.15) is 8.42 Å². The minimum Gasteiger partial charge on any atom is -0.279 e. The Morgan fingerprint density at radius 1 is 1.35 bits per heavy atom. The lowest BCUT2D eigenvalue weighted by Gasteiger charge is -2.10. The average Bonchev–Trinajstić information content (AvgIpc) is 2.93. The summed E-state index contributed by atoms with van der Waals surface area (Å²) in [7, 11) is -3.78. The molecule has 0 fully saturated rings. The Kier molecular flexibility index (Phi) is 4.12. The fourth-order valence-corrected chi connectivity index (χ4v) is 4.92. The van der Waals surface area contributed by atoms with Gasteiger partial charge in [0.25, 0.3) is 10.0 Å². The van der Waals surface area contributed by atoms with Gasteiger partial charge in [-0.05, 0) is 31.0 Å². The van der Waals surface area contributed by atoms with E-state index in [1.807, 2.05) is 20.8 Å². The van der Waals surface area contributed by atoms with Crippen LogP contribution in [0.25, 0.3) is 4.96 Å². The minimum atomic E-state index is -3.78. The molecular weight excluding hydrogens is 354 g/mol.